The van der Waals surface area contributed by atoms with Crippen molar-refractivity contribution in [2.75, 3.05) is 31.1 Å². The molecular formula is C17H18N6O. The molecule has 3 heterocycles. The summed E-state index contributed by atoms with van der Waals surface area (Å²) in [6, 6.07) is 11.4. The minimum absolute atomic E-state index is 0.0944. The Labute approximate surface area is 139 Å². The summed E-state index contributed by atoms with van der Waals surface area (Å²) in [5.74, 6) is 0.867. The fourth-order valence-corrected chi connectivity index (χ4v) is 3.00. The molecule has 1 aliphatic heterocycles. The standard InChI is InChI=1S/C17H18N6O/c1-13-19-20-16-11-15(12-18-23(13)16)21-7-9-22(10-8-21)17(24)14-5-3-2-4-6-14/h2-6,11-12H,7-10H2,1H3. The Kier molecular flexibility index (Phi) is 3.60. The zero-order valence-corrected chi connectivity index (χ0v) is 13.5. The number of aryl methyl sites for hydroxylation is 1. The van der Waals surface area contributed by atoms with E-state index in [-0.39, 0.29) is 5.91 Å². The fraction of sp³-hybridized carbons (Fsp3) is 0.294. The summed E-state index contributed by atoms with van der Waals surface area (Å²) in [4.78, 5) is 16.6. The lowest BCUT2D eigenvalue weighted by molar-refractivity contribution is 0.0747. The van der Waals surface area contributed by atoms with E-state index < -0.39 is 0 Å². The van der Waals surface area contributed by atoms with Crippen LogP contribution in [0.25, 0.3) is 5.65 Å². The number of amides is 1. The summed E-state index contributed by atoms with van der Waals surface area (Å²) in [5, 5.41) is 12.5. The number of anilines is 1. The predicted octanol–water partition coefficient (Wildman–Crippen LogP) is 1.40. The van der Waals surface area contributed by atoms with E-state index in [4.69, 9.17) is 0 Å². The van der Waals surface area contributed by atoms with Gasteiger partial charge in [-0.3, -0.25) is 4.79 Å². The highest BCUT2D eigenvalue weighted by Gasteiger charge is 2.22. The van der Waals surface area contributed by atoms with Gasteiger partial charge in [-0.25, -0.2) is 0 Å². The van der Waals surface area contributed by atoms with Crippen LogP contribution in [0.3, 0.4) is 0 Å². The van der Waals surface area contributed by atoms with Crippen LogP contribution in [-0.4, -0.2) is 56.8 Å². The summed E-state index contributed by atoms with van der Waals surface area (Å²) in [6.07, 6.45) is 1.83. The molecular weight excluding hydrogens is 304 g/mol. The third-order valence-electron chi connectivity index (χ3n) is 4.36. The van der Waals surface area contributed by atoms with Crippen LogP contribution in [-0.2, 0) is 0 Å². The number of rotatable bonds is 2. The van der Waals surface area contributed by atoms with E-state index in [1.165, 1.54) is 0 Å². The molecule has 3 aromatic rings. The lowest BCUT2D eigenvalue weighted by atomic mass is 10.2. The molecule has 1 amide bonds. The predicted molar refractivity (Wildman–Crippen MR) is 90.1 cm³/mol. The van der Waals surface area contributed by atoms with E-state index in [2.05, 4.69) is 20.2 Å². The molecule has 0 radical (unpaired) electrons. The minimum Gasteiger partial charge on any atom is -0.367 e. The molecule has 7 heteroatoms. The van der Waals surface area contributed by atoms with Gasteiger partial charge >= 0.3 is 0 Å². The highest BCUT2D eigenvalue weighted by atomic mass is 16.2. The molecule has 0 N–H and O–H groups in total. The molecule has 1 saturated heterocycles. The van der Waals surface area contributed by atoms with Crippen molar-refractivity contribution in [3.05, 3.63) is 54.0 Å². The normalized spacial score (nSPS) is 15.0. The Hall–Kier alpha value is -2.96. The third-order valence-corrected chi connectivity index (χ3v) is 4.36. The van der Waals surface area contributed by atoms with Crippen molar-refractivity contribution in [1.29, 1.82) is 0 Å². The topological polar surface area (TPSA) is 66.6 Å². The van der Waals surface area contributed by atoms with Gasteiger partial charge < -0.3 is 9.80 Å². The number of benzene rings is 1. The largest absolute Gasteiger partial charge is 0.367 e. The molecule has 0 spiro atoms. The Morgan fingerprint density at radius 2 is 1.79 bits per heavy atom. The van der Waals surface area contributed by atoms with Crippen molar-refractivity contribution in [2.45, 2.75) is 6.92 Å². The number of hydrogen-bond acceptors (Lipinski definition) is 5. The zero-order valence-electron chi connectivity index (χ0n) is 13.5. The van der Waals surface area contributed by atoms with Crippen molar-refractivity contribution in [2.24, 2.45) is 0 Å². The number of piperazine rings is 1. The van der Waals surface area contributed by atoms with E-state index in [9.17, 15) is 4.79 Å². The molecule has 0 aliphatic carbocycles. The Morgan fingerprint density at radius 3 is 2.54 bits per heavy atom. The average Bonchev–Trinajstić information content (AvgIpc) is 3.02. The number of hydrogen-bond donors (Lipinski definition) is 0. The molecule has 7 nitrogen and oxygen atoms in total. The van der Waals surface area contributed by atoms with Crippen LogP contribution in [0.4, 0.5) is 5.69 Å². The van der Waals surface area contributed by atoms with Crippen molar-refractivity contribution >= 4 is 17.2 Å². The van der Waals surface area contributed by atoms with Crippen LogP contribution in [0, 0.1) is 6.92 Å². The summed E-state index contributed by atoms with van der Waals surface area (Å²) in [7, 11) is 0. The summed E-state index contributed by atoms with van der Waals surface area (Å²) in [5.41, 5.74) is 2.50. The molecule has 2 aromatic heterocycles. The van der Waals surface area contributed by atoms with Crippen molar-refractivity contribution in [1.82, 2.24) is 24.7 Å². The molecule has 1 fully saturated rings. The second kappa shape index (κ2) is 5.92. The minimum atomic E-state index is 0.0944. The first-order valence-corrected chi connectivity index (χ1v) is 8.00. The molecule has 122 valence electrons. The quantitative estimate of drug-likeness (QED) is 0.713. The van der Waals surface area contributed by atoms with E-state index >= 15 is 0 Å². The van der Waals surface area contributed by atoms with Gasteiger partial charge in [-0.2, -0.15) is 9.61 Å². The van der Waals surface area contributed by atoms with Gasteiger partial charge in [0.1, 0.15) is 0 Å². The first-order valence-electron chi connectivity index (χ1n) is 8.00. The van der Waals surface area contributed by atoms with Crippen LogP contribution in [0.2, 0.25) is 0 Å². The van der Waals surface area contributed by atoms with Gasteiger partial charge in [-0.1, -0.05) is 18.2 Å². The number of nitrogens with zero attached hydrogens (tertiary/aromatic N) is 6. The van der Waals surface area contributed by atoms with Gasteiger partial charge in [0.05, 0.1) is 11.9 Å². The number of carbonyl (C=O) groups is 1. The number of aromatic nitrogens is 4. The molecule has 0 bridgehead atoms. The molecule has 0 atom stereocenters. The molecule has 1 aromatic carbocycles. The van der Waals surface area contributed by atoms with E-state index in [0.29, 0.717) is 13.1 Å². The first kappa shape index (κ1) is 14.6. The van der Waals surface area contributed by atoms with Gasteiger partial charge in [-0.05, 0) is 19.1 Å². The second-order valence-corrected chi connectivity index (χ2v) is 5.88. The van der Waals surface area contributed by atoms with Crippen LogP contribution < -0.4 is 4.90 Å². The van der Waals surface area contributed by atoms with E-state index in [0.717, 1.165) is 35.8 Å². The van der Waals surface area contributed by atoms with Crippen LogP contribution >= 0.6 is 0 Å². The molecule has 0 unspecified atom stereocenters. The molecule has 0 saturated carbocycles. The summed E-state index contributed by atoms with van der Waals surface area (Å²) >= 11 is 0. The van der Waals surface area contributed by atoms with E-state index in [1.807, 2.05) is 54.4 Å². The monoisotopic (exact) mass is 322 g/mol. The first-order chi connectivity index (χ1) is 11.7. The fourth-order valence-electron chi connectivity index (χ4n) is 3.00. The third kappa shape index (κ3) is 2.58. The van der Waals surface area contributed by atoms with Crippen molar-refractivity contribution in [3.8, 4) is 0 Å². The molecule has 24 heavy (non-hydrogen) atoms. The number of fused-ring (bicyclic) bond motifs is 1. The summed E-state index contributed by atoms with van der Waals surface area (Å²) < 4.78 is 1.72. The highest BCUT2D eigenvalue weighted by Crippen LogP contribution is 2.18. The van der Waals surface area contributed by atoms with Gasteiger partial charge in [0, 0.05) is 37.8 Å². The van der Waals surface area contributed by atoms with Crippen LogP contribution in [0.15, 0.2) is 42.6 Å². The van der Waals surface area contributed by atoms with Crippen molar-refractivity contribution < 1.29 is 4.79 Å². The Balaban J connectivity index is 1.46. The lowest BCUT2D eigenvalue weighted by Gasteiger charge is -2.35. The smallest absolute Gasteiger partial charge is 0.253 e. The second-order valence-electron chi connectivity index (χ2n) is 5.88. The highest BCUT2D eigenvalue weighted by molar-refractivity contribution is 5.94. The van der Waals surface area contributed by atoms with Crippen LogP contribution in [0.5, 0.6) is 0 Å². The molecule has 1 aliphatic rings. The lowest BCUT2D eigenvalue weighted by Crippen LogP contribution is -2.48. The average molecular weight is 322 g/mol. The maximum absolute atomic E-state index is 12.5. The van der Waals surface area contributed by atoms with Gasteiger partial charge in [0.2, 0.25) is 0 Å². The Bertz CT molecular complexity index is 867. The van der Waals surface area contributed by atoms with Crippen molar-refractivity contribution in [3.63, 3.8) is 0 Å². The summed E-state index contributed by atoms with van der Waals surface area (Å²) in [6.45, 7) is 4.84. The van der Waals surface area contributed by atoms with Crippen LogP contribution in [0.1, 0.15) is 16.2 Å². The SMILES string of the molecule is Cc1nnc2cc(N3CCN(C(=O)c4ccccc4)CC3)cnn12. The van der Waals surface area contributed by atoms with Gasteiger partial charge in [0.15, 0.2) is 11.5 Å². The zero-order chi connectivity index (χ0) is 16.5. The van der Waals surface area contributed by atoms with E-state index in [1.54, 1.807) is 4.52 Å². The maximum atomic E-state index is 12.5. The number of carbonyl (C=O) groups excluding carboxylic acids is 1. The maximum Gasteiger partial charge on any atom is 0.253 e. The van der Waals surface area contributed by atoms with Gasteiger partial charge in [-0.15, -0.1) is 10.2 Å². The van der Waals surface area contributed by atoms with Gasteiger partial charge in [0.25, 0.3) is 5.91 Å². The molecule has 4 rings (SSSR count). The Morgan fingerprint density at radius 1 is 1.04 bits per heavy atom.